The van der Waals surface area contributed by atoms with Gasteiger partial charge in [-0.25, -0.2) is 0 Å². The van der Waals surface area contributed by atoms with Gasteiger partial charge in [-0.15, -0.1) is 0 Å². The first-order valence-corrected chi connectivity index (χ1v) is 12.8. The van der Waals surface area contributed by atoms with Crippen molar-refractivity contribution in [2.45, 2.75) is 65.9 Å². The summed E-state index contributed by atoms with van der Waals surface area (Å²) in [5.74, 6) is 3.08. The predicted octanol–water partition coefficient (Wildman–Crippen LogP) is 7.73. The van der Waals surface area contributed by atoms with Crippen LogP contribution in [0.1, 0.15) is 70.8 Å². The molecule has 0 fully saturated rings. The molecule has 0 spiro atoms. The summed E-state index contributed by atoms with van der Waals surface area (Å²) in [4.78, 5) is 4.62. The van der Waals surface area contributed by atoms with Crippen molar-refractivity contribution in [3.8, 4) is 17.1 Å². The number of hydrogen-bond acceptors (Lipinski definition) is 5. The molecule has 0 saturated carbocycles. The fourth-order valence-electron chi connectivity index (χ4n) is 3.60. The Balaban J connectivity index is 0.000000454. The highest BCUT2D eigenvalue weighted by molar-refractivity contribution is 5.87. The first-order chi connectivity index (χ1) is 17.4. The summed E-state index contributed by atoms with van der Waals surface area (Å²) in [7, 11) is 0. The maximum atomic E-state index is 6.88. The molecule has 6 heteroatoms. The number of ether oxygens (including phenoxy) is 1. The topological polar surface area (TPSA) is 98.0 Å². The Hall–Kier alpha value is -3.67. The van der Waals surface area contributed by atoms with Gasteiger partial charge in [0.1, 0.15) is 12.4 Å². The van der Waals surface area contributed by atoms with E-state index in [9.17, 15) is 0 Å². The number of fused-ring (bicyclic) bond motifs is 1. The fourth-order valence-corrected chi connectivity index (χ4v) is 3.60. The number of benzene rings is 3. The lowest BCUT2D eigenvalue weighted by Gasteiger charge is -2.08. The van der Waals surface area contributed by atoms with Crippen molar-refractivity contribution in [1.29, 1.82) is 5.41 Å². The van der Waals surface area contributed by atoms with Crippen LogP contribution in [0.3, 0.4) is 0 Å². The van der Waals surface area contributed by atoms with E-state index >= 15 is 0 Å². The molecule has 0 amide bonds. The van der Waals surface area contributed by atoms with Gasteiger partial charge in [0.25, 0.3) is 0 Å². The van der Waals surface area contributed by atoms with Crippen LogP contribution in [0.2, 0.25) is 0 Å². The molecule has 1 aromatic heterocycles. The molecule has 0 bridgehead atoms. The smallest absolute Gasteiger partial charge is 0.229 e. The van der Waals surface area contributed by atoms with Gasteiger partial charge in [0.15, 0.2) is 0 Å². The maximum absolute atomic E-state index is 6.88. The summed E-state index contributed by atoms with van der Waals surface area (Å²) in [5.41, 5.74) is 7.25. The minimum Gasteiger partial charge on any atom is -0.489 e. The van der Waals surface area contributed by atoms with Crippen molar-refractivity contribution in [2.75, 3.05) is 0 Å². The van der Waals surface area contributed by atoms with Gasteiger partial charge < -0.3 is 15.0 Å². The van der Waals surface area contributed by atoms with Crippen LogP contribution < -0.4 is 10.5 Å². The van der Waals surface area contributed by atoms with Crippen molar-refractivity contribution >= 4 is 16.6 Å². The fraction of sp³-hybridized carbons (Fsp3) is 0.367. The van der Waals surface area contributed by atoms with E-state index in [0.29, 0.717) is 24.2 Å². The molecule has 0 aliphatic carbocycles. The molecule has 2 atom stereocenters. The maximum Gasteiger partial charge on any atom is 0.229 e. The van der Waals surface area contributed by atoms with Crippen LogP contribution in [0.5, 0.6) is 5.75 Å². The molecular weight excluding hydrogens is 448 g/mol. The number of unbranched alkanes of at least 4 members (excludes halogenated alkanes) is 1. The van der Waals surface area contributed by atoms with Crippen LogP contribution in [0.25, 0.3) is 22.2 Å². The zero-order chi connectivity index (χ0) is 25.9. The Morgan fingerprint density at radius 1 is 1.00 bits per heavy atom. The third-order valence-electron chi connectivity index (χ3n) is 6.32. The number of amidine groups is 1. The van der Waals surface area contributed by atoms with E-state index in [4.69, 9.17) is 20.4 Å². The van der Waals surface area contributed by atoms with Crippen LogP contribution in [-0.2, 0) is 6.61 Å². The number of aromatic nitrogens is 2. The van der Waals surface area contributed by atoms with Gasteiger partial charge in [0, 0.05) is 17.4 Å². The molecular formula is C30H38N4O2. The third kappa shape index (κ3) is 7.67. The molecule has 190 valence electrons. The van der Waals surface area contributed by atoms with Gasteiger partial charge in [0.05, 0.1) is 5.84 Å². The number of nitrogens with two attached hydrogens (primary N) is 1. The average molecular weight is 487 g/mol. The molecule has 0 aliphatic heterocycles. The standard InChI is InChI=1S/C25H26N2O2.C5H12N2/c1-3-4-8-18(2)25-26-24(27-29-25)22-12-11-21-16-23(14-13-20(21)15-22)28-17-19-9-6-5-7-10-19;1-3-4(2)5(6)7/h5-7,9-16,18H,3-4,8,17H2,1-2H3;4H,3H2,1-2H3,(H3,6,7). The first-order valence-electron chi connectivity index (χ1n) is 12.8. The summed E-state index contributed by atoms with van der Waals surface area (Å²) >= 11 is 0. The average Bonchev–Trinajstić information content (AvgIpc) is 3.41. The summed E-state index contributed by atoms with van der Waals surface area (Å²) in [6.07, 6.45) is 4.38. The molecule has 6 nitrogen and oxygen atoms in total. The van der Waals surface area contributed by atoms with E-state index in [1.54, 1.807) is 0 Å². The molecule has 3 aromatic carbocycles. The van der Waals surface area contributed by atoms with Crippen LogP contribution in [-0.4, -0.2) is 16.0 Å². The molecule has 36 heavy (non-hydrogen) atoms. The highest BCUT2D eigenvalue weighted by atomic mass is 16.5. The van der Waals surface area contributed by atoms with E-state index in [1.807, 2.05) is 44.2 Å². The summed E-state index contributed by atoms with van der Waals surface area (Å²) in [6, 6.07) is 22.5. The Bertz CT molecular complexity index is 1240. The Labute approximate surface area is 214 Å². The van der Waals surface area contributed by atoms with Gasteiger partial charge in [-0.3, -0.25) is 5.41 Å². The number of nitrogens with zero attached hydrogens (tertiary/aromatic N) is 2. The van der Waals surface area contributed by atoms with Crippen LogP contribution >= 0.6 is 0 Å². The molecule has 0 radical (unpaired) electrons. The predicted molar refractivity (Wildman–Crippen MR) is 147 cm³/mol. The minimum absolute atomic E-state index is 0.264. The summed E-state index contributed by atoms with van der Waals surface area (Å²) < 4.78 is 11.4. The Kier molecular flexibility index (Phi) is 10.0. The van der Waals surface area contributed by atoms with Crippen molar-refractivity contribution in [1.82, 2.24) is 10.1 Å². The second kappa shape index (κ2) is 13.4. The Morgan fingerprint density at radius 2 is 1.72 bits per heavy atom. The van der Waals surface area contributed by atoms with E-state index in [-0.39, 0.29) is 5.92 Å². The van der Waals surface area contributed by atoms with Gasteiger partial charge in [-0.2, -0.15) is 4.98 Å². The molecule has 3 N–H and O–H groups in total. The highest BCUT2D eigenvalue weighted by Crippen LogP contribution is 2.28. The first kappa shape index (κ1) is 26.9. The lowest BCUT2D eigenvalue weighted by molar-refractivity contribution is 0.306. The molecule has 1 heterocycles. The lowest BCUT2D eigenvalue weighted by atomic mass is 10.0. The Morgan fingerprint density at radius 3 is 2.39 bits per heavy atom. The van der Waals surface area contributed by atoms with E-state index in [0.717, 1.165) is 46.4 Å². The number of rotatable bonds is 10. The highest BCUT2D eigenvalue weighted by Gasteiger charge is 2.15. The molecule has 4 aromatic rings. The van der Waals surface area contributed by atoms with Crippen molar-refractivity contribution in [2.24, 2.45) is 11.7 Å². The van der Waals surface area contributed by atoms with E-state index < -0.39 is 0 Å². The van der Waals surface area contributed by atoms with Crippen molar-refractivity contribution in [3.63, 3.8) is 0 Å². The number of nitrogens with one attached hydrogen (secondary N) is 1. The monoisotopic (exact) mass is 486 g/mol. The quantitative estimate of drug-likeness (QED) is 0.176. The zero-order valence-electron chi connectivity index (χ0n) is 21.8. The van der Waals surface area contributed by atoms with Crippen LogP contribution in [0, 0.1) is 11.3 Å². The zero-order valence-corrected chi connectivity index (χ0v) is 21.8. The molecule has 2 unspecified atom stereocenters. The van der Waals surface area contributed by atoms with Gasteiger partial charge in [0.2, 0.25) is 11.7 Å². The normalized spacial score (nSPS) is 12.4. The van der Waals surface area contributed by atoms with Crippen LogP contribution in [0.15, 0.2) is 71.3 Å². The van der Waals surface area contributed by atoms with Crippen molar-refractivity contribution < 1.29 is 9.26 Å². The molecule has 0 saturated heterocycles. The SMILES string of the molecule is CCC(C)C(=N)N.CCCCC(C)c1nc(-c2ccc3cc(OCc4ccccc4)ccc3c2)no1. The second-order valence-corrected chi connectivity index (χ2v) is 9.26. The van der Waals surface area contributed by atoms with Gasteiger partial charge in [-0.1, -0.05) is 94.2 Å². The molecule has 4 rings (SSSR count). The lowest BCUT2D eigenvalue weighted by Crippen LogP contribution is -2.18. The van der Waals surface area contributed by atoms with Gasteiger partial charge in [-0.05, 0) is 47.4 Å². The van der Waals surface area contributed by atoms with Gasteiger partial charge >= 0.3 is 0 Å². The van der Waals surface area contributed by atoms with Crippen LogP contribution in [0.4, 0.5) is 0 Å². The second-order valence-electron chi connectivity index (χ2n) is 9.26. The minimum atomic E-state index is 0.264. The van der Waals surface area contributed by atoms with Crippen molar-refractivity contribution in [3.05, 3.63) is 78.2 Å². The summed E-state index contributed by atoms with van der Waals surface area (Å²) in [6.45, 7) is 8.87. The van der Waals surface area contributed by atoms with E-state index in [1.165, 1.54) is 12.8 Å². The summed E-state index contributed by atoms with van der Waals surface area (Å²) in [5, 5.41) is 13.3. The van der Waals surface area contributed by atoms with E-state index in [2.05, 4.69) is 60.4 Å². The molecule has 0 aliphatic rings. The third-order valence-corrected chi connectivity index (χ3v) is 6.32. The largest absolute Gasteiger partial charge is 0.489 e. The number of hydrogen-bond donors (Lipinski definition) is 2.